The molecule has 2 rings (SSSR count). The first-order valence-electron chi connectivity index (χ1n) is 4.97. The first-order valence-corrected chi connectivity index (χ1v) is 6.28. The first-order chi connectivity index (χ1) is 7.79. The smallest absolute Gasteiger partial charge is 0.203 e. The highest BCUT2D eigenvalue weighted by Gasteiger charge is 2.11. The van der Waals surface area contributed by atoms with E-state index in [-0.39, 0.29) is 6.04 Å². The van der Waals surface area contributed by atoms with Gasteiger partial charge in [0.2, 0.25) is 5.13 Å². The second kappa shape index (κ2) is 5.27. The van der Waals surface area contributed by atoms with Gasteiger partial charge in [-0.3, -0.25) is 0 Å². The Balaban J connectivity index is 2.12. The van der Waals surface area contributed by atoms with Crippen molar-refractivity contribution >= 4 is 28.3 Å². The summed E-state index contributed by atoms with van der Waals surface area (Å²) < 4.78 is 4.12. The van der Waals surface area contributed by atoms with Gasteiger partial charge in [-0.15, -0.1) is 11.6 Å². The molecule has 0 saturated heterocycles. The van der Waals surface area contributed by atoms with Crippen molar-refractivity contribution in [2.45, 2.75) is 13.0 Å². The van der Waals surface area contributed by atoms with Crippen LogP contribution >= 0.6 is 23.1 Å². The highest BCUT2D eigenvalue weighted by atomic mass is 35.5. The Hall–Kier alpha value is -1.13. The summed E-state index contributed by atoms with van der Waals surface area (Å²) in [6.45, 7) is 1.87. The van der Waals surface area contributed by atoms with Crippen LogP contribution < -0.4 is 5.32 Å². The van der Waals surface area contributed by atoms with E-state index < -0.39 is 0 Å². The maximum atomic E-state index is 5.95. The molecule has 0 aliphatic carbocycles. The quantitative estimate of drug-likeness (QED) is 0.850. The number of aryl methyl sites for hydroxylation is 1. The lowest BCUT2D eigenvalue weighted by atomic mass is 10.1. The number of aromatic nitrogens is 2. The number of benzene rings is 1. The van der Waals surface area contributed by atoms with Crippen molar-refractivity contribution < 1.29 is 0 Å². The van der Waals surface area contributed by atoms with Crippen molar-refractivity contribution in [2.24, 2.45) is 0 Å². The molecule has 0 bridgehead atoms. The van der Waals surface area contributed by atoms with Crippen LogP contribution in [0.1, 0.15) is 17.4 Å². The molecule has 0 fully saturated rings. The molecule has 0 amide bonds. The van der Waals surface area contributed by atoms with Gasteiger partial charge < -0.3 is 5.32 Å². The van der Waals surface area contributed by atoms with Crippen molar-refractivity contribution in [1.82, 2.24) is 9.36 Å². The second-order valence-corrected chi connectivity index (χ2v) is 4.47. The van der Waals surface area contributed by atoms with Crippen molar-refractivity contribution in [3.05, 3.63) is 41.7 Å². The Morgan fingerprint density at radius 2 is 2.12 bits per heavy atom. The van der Waals surface area contributed by atoms with Crippen LogP contribution in [0.3, 0.4) is 0 Å². The summed E-state index contributed by atoms with van der Waals surface area (Å²) in [6.07, 6.45) is 0. The molecule has 5 heteroatoms. The minimum atomic E-state index is 0.0789. The van der Waals surface area contributed by atoms with Gasteiger partial charge in [0.1, 0.15) is 5.82 Å². The van der Waals surface area contributed by atoms with Crippen LogP contribution in [0, 0.1) is 6.92 Å². The highest BCUT2D eigenvalue weighted by Crippen LogP contribution is 2.21. The molecule has 0 aliphatic heterocycles. The van der Waals surface area contributed by atoms with E-state index in [1.807, 2.05) is 37.3 Å². The molecule has 16 heavy (non-hydrogen) atoms. The van der Waals surface area contributed by atoms with Crippen LogP contribution in [0.2, 0.25) is 0 Å². The van der Waals surface area contributed by atoms with Gasteiger partial charge in [0.05, 0.1) is 6.04 Å². The number of hydrogen-bond donors (Lipinski definition) is 1. The number of alkyl halides is 1. The summed E-state index contributed by atoms with van der Waals surface area (Å²) in [6, 6.07) is 10.2. The maximum absolute atomic E-state index is 5.95. The standard InChI is InChI=1S/C11H12ClN3S/c1-8-13-11(16-15-8)14-10(7-12)9-5-3-2-4-6-9/h2-6,10H,7H2,1H3,(H,13,14,15). The molecule has 1 aromatic carbocycles. The summed E-state index contributed by atoms with van der Waals surface area (Å²) >= 11 is 7.31. The van der Waals surface area contributed by atoms with Gasteiger partial charge in [-0.05, 0) is 12.5 Å². The van der Waals surface area contributed by atoms with Gasteiger partial charge in [0.15, 0.2) is 0 Å². The van der Waals surface area contributed by atoms with Crippen molar-refractivity contribution in [1.29, 1.82) is 0 Å². The predicted octanol–water partition coefficient (Wildman–Crippen LogP) is 3.24. The lowest BCUT2D eigenvalue weighted by Gasteiger charge is -2.14. The van der Waals surface area contributed by atoms with E-state index in [1.165, 1.54) is 11.5 Å². The molecule has 1 atom stereocenters. The topological polar surface area (TPSA) is 37.8 Å². The number of nitrogens with one attached hydrogen (secondary N) is 1. The fourth-order valence-corrected chi connectivity index (χ4v) is 2.28. The molecule has 0 aliphatic rings. The van der Waals surface area contributed by atoms with E-state index in [0.717, 1.165) is 16.5 Å². The van der Waals surface area contributed by atoms with Crippen LogP contribution in [-0.2, 0) is 0 Å². The fourth-order valence-electron chi connectivity index (χ4n) is 1.40. The average molecular weight is 254 g/mol. The molecule has 1 N–H and O–H groups in total. The lowest BCUT2D eigenvalue weighted by Crippen LogP contribution is -2.11. The third-order valence-corrected chi connectivity index (χ3v) is 3.23. The molecule has 1 aromatic heterocycles. The summed E-state index contributed by atoms with van der Waals surface area (Å²) in [7, 11) is 0. The monoisotopic (exact) mass is 253 g/mol. The van der Waals surface area contributed by atoms with E-state index in [1.54, 1.807) is 0 Å². The number of anilines is 1. The van der Waals surface area contributed by atoms with E-state index >= 15 is 0 Å². The van der Waals surface area contributed by atoms with Crippen LogP contribution in [0.5, 0.6) is 0 Å². The Morgan fingerprint density at radius 1 is 1.38 bits per heavy atom. The van der Waals surface area contributed by atoms with E-state index in [2.05, 4.69) is 14.7 Å². The number of halogens is 1. The van der Waals surface area contributed by atoms with Gasteiger partial charge in [0, 0.05) is 17.4 Å². The van der Waals surface area contributed by atoms with Crippen LogP contribution in [-0.4, -0.2) is 15.2 Å². The molecular weight excluding hydrogens is 242 g/mol. The van der Waals surface area contributed by atoms with Gasteiger partial charge in [-0.1, -0.05) is 30.3 Å². The molecule has 1 heterocycles. The highest BCUT2D eigenvalue weighted by molar-refractivity contribution is 7.09. The fraction of sp³-hybridized carbons (Fsp3) is 0.273. The van der Waals surface area contributed by atoms with E-state index in [4.69, 9.17) is 11.6 Å². The van der Waals surface area contributed by atoms with Crippen LogP contribution in [0.15, 0.2) is 30.3 Å². The normalized spacial score (nSPS) is 12.4. The first kappa shape index (κ1) is 11.4. The SMILES string of the molecule is Cc1nsc(NC(CCl)c2ccccc2)n1. The molecule has 0 radical (unpaired) electrons. The molecular formula is C11H12ClN3S. The molecule has 3 nitrogen and oxygen atoms in total. The zero-order valence-electron chi connectivity index (χ0n) is 8.85. The largest absolute Gasteiger partial charge is 0.352 e. The van der Waals surface area contributed by atoms with Crippen LogP contribution in [0.4, 0.5) is 5.13 Å². The maximum Gasteiger partial charge on any atom is 0.203 e. The summed E-state index contributed by atoms with van der Waals surface area (Å²) in [5.74, 6) is 1.29. The minimum absolute atomic E-state index is 0.0789. The Bertz CT molecular complexity index is 444. The van der Waals surface area contributed by atoms with Gasteiger partial charge >= 0.3 is 0 Å². The van der Waals surface area contributed by atoms with Crippen molar-refractivity contribution in [3.8, 4) is 0 Å². The van der Waals surface area contributed by atoms with Gasteiger partial charge in [-0.25, -0.2) is 4.98 Å². The zero-order valence-corrected chi connectivity index (χ0v) is 10.4. The van der Waals surface area contributed by atoms with Gasteiger partial charge in [-0.2, -0.15) is 4.37 Å². The second-order valence-electron chi connectivity index (χ2n) is 3.41. The summed E-state index contributed by atoms with van der Waals surface area (Å²) in [5, 5.41) is 4.09. The Morgan fingerprint density at radius 3 is 2.69 bits per heavy atom. The molecule has 2 aromatic rings. The van der Waals surface area contributed by atoms with Crippen molar-refractivity contribution in [2.75, 3.05) is 11.2 Å². The number of rotatable bonds is 4. The van der Waals surface area contributed by atoms with Crippen molar-refractivity contribution in [3.63, 3.8) is 0 Å². The third-order valence-electron chi connectivity index (χ3n) is 2.18. The minimum Gasteiger partial charge on any atom is -0.352 e. The Labute approximate surface area is 104 Å². The van der Waals surface area contributed by atoms with Gasteiger partial charge in [0.25, 0.3) is 0 Å². The summed E-state index contributed by atoms with van der Waals surface area (Å²) in [4.78, 5) is 4.26. The van der Waals surface area contributed by atoms with Crippen LogP contribution in [0.25, 0.3) is 0 Å². The summed E-state index contributed by atoms with van der Waals surface area (Å²) in [5.41, 5.74) is 1.16. The predicted molar refractivity (Wildman–Crippen MR) is 68.2 cm³/mol. The lowest BCUT2D eigenvalue weighted by molar-refractivity contribution is 0.888. The van der Waals surface area contributed by atoms with E-state index in [9.17, 15) is 0 Å². The zero-order chi connectivity index (χ0) is 11.4. The number of hydrogen-bond acceptors (Lipinski definition) is 4. The number of nitrogens with zero attached hydrogens (tertiary/aromatic N) is 2. The molecule has 84 valence electrons. The average Bonchev–Trinajstić information content (AvgIpc) is 2.73. The third kappa shape index (κ3) is 2.71. The molecule has 0 spiro atoms. The van der Waals surface area contributed by atoms with E-state index in [0.29, 0.717) is 5.88 Å². The molecule has 0 saturated carbocycles. The molecule has 1 unspecified atom stereocenters. The Kier molecular flexibility index (Phi) is 3.74.